The van der Waals surface area contributed by atoms with Gasteiger partial charge >= 0.3 is 0 Å². The molecule has 0 radical (unpaired) electrons. The third-order valence-corrected chi connectivity index (χ3v) is 3.13. The third kappa shape index (κ3) is 1.24. The minimum atomic E-state index is 0.507. The molecule has 0 saturated heterocycles. The van der Waals surface area contributed by atoms with Crippen LogP contribution < -0.4 is 10.5 Å². The summed E-state index contributed by atoms with van der Waals surface area (Å²) in [6.45, 7) is 0. The molecule has 2 aromatic rings. The lowest BCUT2D eigenvalue weighted by molar-refractivity contribution is 0.112. The van der Waals surface area contributed by atoms with Gasteiger partial charge in [0.2, 0.25) is 0 Å². The summed E-state index contributed by atoms with van der Waals surface area (Å²) < 4.78 is 6.11. The van der Waals surface area contributed by atoms with E-state index >= 15 is 0 Å². The van der Waals surface area contributed by atoms with Gasteiger partial charge in [0.25, 0.3) is 0 Å². The van der Waals surface area contributed by atoms with E-state index < -0.39 is 0 Å². The van der Waals surface area contributed by atoms with Gasteiger partial charge in [-0.15, -0.1) is 0 Å². The number of benzene rings is 1. The van der Waals surface area contributed by atoms with Crippen LogP contribution in [-0.4, -0.2) is 13.4 Å². The zero-order valence-corrected chi connectivity index (χ0v) is 8.43. The van der Waals surface area contributed by atoms with E-state index in [1.54, 1.807) is 13.2 Å². The van der Waals surface area contributed by atoms with Crippen molar-refractivity contribution < 1.29 is 9.53 Å². The topological polar surface area (TPSA) is 52.3 Å². The van der Waals surface area contributed by atoms with E-state index in [4.69, 9.17) is 10.5 Å². The second-order valence-corrected chi connectivity index (χ2v) is 3.91. The highest BCUT2D eigenvalue weighted by molar-refractivity contribution is 7.20. The van der Waals surface area contributed by atoms with Crippen molar-refractivity contribution in [3.63, 3.8) is 0 Å². The second-order valence-electron chi connectivity index (χ2n) is 2.87. The van der Waals surface area contributed by atoms with E-state index in [2.05, 4.69) is 0 Å². The summed E-state index contributed by atoms with van der Waals surface area (Å²) in [4.78, 5) is 10.8. The van der Waals surface area contributed by atoms with Crippen molar-refractivity contribution in [1.29, 1.82) is 0 Å². The molecule has 2 N–H and O–H groups in total. The molecule has 2 rings (SSSR count). The van der Waals surface area contributed by atoms with Gasteiger partial charge in [-0.3, -0.25) is 4.79 Å². The van der Waals surface area contributed by atoms with Crippen LogP contribution in [0.5, 0.6) is 5.06 Å². The summed E-state index contributed by atoms with van der Waals surface area (Å²) in [6, 6.07) is 5.47. The molecule has 3 nitrogen and oxygen atoms in total. The molecule has 14 heavy (non-hydrogen) atoms. The number of nitrogen functional groups attached to an aromatic ring is 1. The maximum atomic E-state index is 10.8. The number of anilines is 1. The molecule has 1 aromatic carbocycles. The minimum absolute atomic E-state index is 0.507. The smallest absolute Gasteiger partial charge is 0.174 e. The number of ether oxygens (including phenoxy) is 1. The van der Waals surface area contributed by atoms with Gasteiger partial charge in [-0.1, -0.05) is 11.3 Å². The molecular weight excluding hydrogens is 198 g/mol. The summed E-state index contributed by atoms with van der Waals surface area (Å²) in [5, 5.41) is 1.65. The quantitative estimate of drug-likeness (QED) is 0.607. The maximum absolute atomic E-state index is 10.8. The number of aldehydes is 1. The molecule has 0 saturated carbocycles. The Labute approximate surface area is 85.1 Å². The molecule has 1 heterocycles. The number of carbonyl (C=O) groups is 1. The molecule has 0 fully saturated rings. The number of fused-ring (bicyclic) bond motifs is 1. The highest BCUT2D eigenvalue weighted by Crippen LogP contribution is 2.34. The van der Waals surface area contributed by atoms with Crippen molar-refractivity contribution in [2.24, 2.45) is 0 Å². The summed E-state index contributed by atoms with van der Waals surface area (Å²) in [7, 11) is 1.61. The Balaban J connectivity index is 2.79. The van der Waals surface area contributed by atoms with Crippen molar-refractivity contribution >= 4 is 33.4 Å². The number of carbonyl (C=O) groups excluding carboxylic acids is 1. The van der Waals surface area contributed by atoms with Gasteiger partial charge in [0.05, 0.1) is 7.11 Å². The van der Waals surface area contributed by atoms with Crippen molar-refractivity contribution in [2.75, 3.05) is 12.8 Å². The highest BCUT2D eigenvalue weighted by Gasteiger charge is 2.08. The van der Waals surface area contributed by atoms with Crippen molar-refractivity contribution in [2.45, 2.75) is 0 Å². The van der Waals surface area contributed by atoms with Crippen LogP contribution in [0.4, 0.5) is 5.69 Å². The Morgan fingerprint density at radius 1 is 1.50 bits per heavy atom. The number of methoxy groups -OCH3 is 1. The molecule has 0 aliphatic carbocycles. The second kappa shape index (κ2) is 3.31. The fourth-order valence-electron chi connectivity index (χ4n) is 1.36. The third-order valence-electron chi connectivity index (χ3n) is 2.07. The Bertz CT molecular complexity index is 490. The molecule has 0 aliphatic heterocycles. The number of nitrogens with two attached hydrogens (primary N) is 1. The van der Waals surface area contributed by atoms with Crippen LogP contribution in [0.3, 0.4) is 0 Å². The zero-order chi connectivity index (χ0) is 10.1. The van der Waals surface area contributed by atoms with Gasteiger partial charge in [-0.05, 0) is 12.1 Å². The molecule has 0 bridgehead atoms. The van der Waals surface area contributed by atoms with Gasteiger partial charge < -0.3 is 10.5 Å². The van der Waals surface area contributed by atoms with Crippen LogP contribution in [-0.2, 0) is 0 Å². The summed E-state index contributed by atoms with van der Waals surface area (Å²) >= 11 is 1.50. The Kier molecular flexibility index (Phi) is 2.13. The minimum Gasteiger partial charge on any atom is -0.487 e. The fraction of sp³-hybridized carbons (Fsp3) is 0.100. The normalized spacial score (nSPS) is 10.4. The first kappa shape index (κ1) is 9.02. The molecule has 0 amide bonds. The summed E-state index contributed by atoms with van der Waals surface area (Å²) in [6.07, 6.45) is 0.782. The van der Waals surface area contributed by atoms with Crippen LogP contribution in [0.2, 0.25) is 0 Å². The highest BCUT2D eigenvalue weighted by atomic mass is 32.1. The number of rotatable bonds is 2. The predicted octanol–water partition coefficient (Wildman–Crippen LogP) is 2.30. The average molecular weight is 207 g/mol. The zero-order valence-electron chi connectivity index (χ0n) is 7.61. The molecule has 0 atom stereocenters. The lowest BCUT2D eigenvalue weighted by atomic mass is 10.1. The van der Waals surface area contributed by atoms with Gasteiger partial charge in [0.15, 0.2) is 11.3 Å². The Hall–Kier alpha value is -1.55. The van der Waals surface area contributed by atoms with E-state index in [1.807, 2.05) is 12.1 Å². The summed E-state index contributed by atoms with van der Waals surface area (Å²) in [5.41, 5.74) is 6.73. The van der Waals surface area contributed by atoms with Crippen molar-refractivity contribution in [3.05, 3.63) is 23.8 Å². The van der Waals surface area contributed by atoms with Crippen LogP contribution in [0.1, 0.15) is 10.4 Å². The van der Waals surface area contributed by atoms with Gasteiger partial charge in [-0.2, -0.15) is 0 Å². The van der Waals surface area contributed by atoms with Crippen LogP contribution in [0, 0.1) is 0 Å². The molecule has 1 aromatic heterocycles. The fourth-order valence-corrected chi connectivity index (χ4v) is 2.25. The monoisotopic (exact) mass is 207 g/mol. The predicted molar refractivity (Wildman–Crippen MR) is 58.2 cm³/mol. The molecular formula is C10H9NO2S. The van der Waals surface area contributed by atoms with E-state index in [1.165, 1.54) is 11.3 Å². The summed E-state index contributed by atoms with van der Waals surface area (Å²) in [5.74, 6) is 0. The Morgan fingerprint density at radius 2 is 2.29 bits per heavy atom. The molecule has 72 valence electrons. The standard InChI is InChI=1S/C10H9NO2S/c1-13-10-4-6-7(5-12)8(11)2-3-9(6)14-10/h2-5H,11H2,1H3. The number of hydrogen-bond donors (Lipinski definition) is 1. The molecule has 0 unspecified atom stereocenters. The number of hydrogen-bond acceptors (Lipinski definition) is 4. The van der Waals surface area contributed by atoms with E-state index in [-0.39, 0.29) is 0 Å². The van der Waals surface area contributed by atoms with E-state index in [9.17, 15) is 4.79 Å². The Morgan fingerprint density at radius 3 is 2.93 bits per heavy atom. The van der Waals surface area contributed by atoms with Gasteiger partial charge in [0.1, 0.15) is 0 Å². The first-order valence-corrected chi connectivity index (χ1v) is 4.89. The molecule has 4 heteroatoms. The van der Waals surface area contributed by atoms with Crippen LogP contribution in [0.25, 0.3) is 10.1 Å². The molecule has 0 aliphatic rings. The average Bonchev–Trinajstić information content (AvgIpc) is 2.60. The first-order chi connectivity index (χ1) is 6.76. The lowest BCUT2D eigenvalue weighted by Gasteiger charge is -1.98. The maximum Gasteiger partial charge on any atom is 0.174 e. The first-order valence-electron chi connectivity index (χ1n) is 4.07. The van der Waals surface area contributed by atoms with Gasteiger partial charge in [-0.25, -0.2) is 0 Å². The van der Waals surface area contributed by atoms with Crippen molar-refractivity contribution in [3.8, 4) is 5.06 Å². The molecule has 0 spiro atoms. The van der Waals surface area contributed by atoms with Crippen LogP contribution >= 0.6 is 11.3 Å². The van der Waals surface area contributed by atoms with E-state index in [0.717, 1.165) is 21.4 Å². The SMILES string of the molecule is COc1cc2c(C=O)c(N)ccc2s1. The number of thiophene rings is 1. The lowest BCUT2D eigenvalue weighted by Crippen LogP contribution is -1.91. The van der Waals surface area contributed by atoms with Crippen molar-refractivity contribution in [1.82, 2.24) is 0 Å². The largest absolute Gasteiger partial charge is 0.487 e. The van der Waals surface area contributed by atoms with Crippen LogP contribution in [0.15, 0.2) is 18.2 Å². The van der Waals surface area contributed by atoms with Gasteiger partial charge in [0, 0.05) is 27.4 Å². The van der Waals surface area contributed by atoms with E-state index in [0.29, 0.717) is 11.3 Å².